The van der Waals surface area contributed by atoms with Crippen molar-refractivity contribution >= 4 is 5.91 Å². The van der Waals surface area contributed by atoms with Gasteiger partial charge in [0.15, 0.2) is 5.82 Å². The fourth-order valence-electron chi connectivity index (χ4n) is 1.82. The minimum Gasteiger partial charge on any atom is -0.491 e. The monoisotopic (exact) mass is 259 g/mol. The van der Waals surface area contributed by atoms with Crippen LogP contribution in [0.2, 0.25) is 0 Å². The predicted octanol–water partition coefficient (Wildman–Crippen LogP) is 2.27. The van der Waals surface area contributed by atoms with Crippen LogP contribution in [0.5, 0.6) is 5.75 Å². The predicted molar refractivity (Wildman–Crippen MR) is 73.0 cm³/mol. The van der Waals surface area contributed by atoms with Crippen molar-refractivity contribution in [1.29, 1.82) is 0 Å². The van der Waals surface area contributed by atoms with Gasteiger partial charge in [-0.1, -0.05) is 0 Å². The van der Waals surface area contributed by atoms with E-state index in [1.165, 1.54) is 0 Å². The van der Waals surface area contributed by atoms with Crippen molar-refractivity contribution in [2.75, 3.05) is 0 Å². The van der Waals surface area contributed by atoms with Crippen LogP contribution in [0.4, 0.5) is 0 Å². The van der Waals surface area contributed by atoms with Crippen LogP contribution in [0.15, 0.2) is 24.3 Å². The number of ether oxygens (including phenoxy) is 1. The van der Waals surface area contributed by atoms with Gasteiger partial charge in [0.05, 0.1) is 11.8 Å². The first-order valence-electron chi connectivity index (χ1n) is 6.11. The van der Waals surface area contributed by atoms with Gasteiger partial charge in [-0.15, -0.1) is 0 Å². The van der Waals surface area contributed by atoms with Crippen molar-refractivity contribution < 1.29 is 9.53 Å². The lowest BCUT2D eigenvalue weighted by molar-refractivity contribution is 0.0991. The van der Waals surface area contributed by atoms with Crippen LogP contribution in [0.1, 0.15) is 30.2 Å². The number of carbonyl (C=O) groups excluding carboxylic acids is 1. The summed E-state index contributed by atoms with van der Waals surface area (Å²) in [6.07, 6.45) is 0.138. The molecule has 0 aliphatic rings. The van der Waals surface area contributed by atoms with Gasteiger partial charge in [0.2, 0.25) is 0 Å². The van der Waals surface area contributed by atoms with Gasteiger partial charge in [-0.25, -0.2) is 4.98 Å². The van der Waals surface area contributed by atoms with Crippen LogP contribution in [0, 0.1) is 6.92 Å². The number of nitrogens with two attached hydrogens (primary N) is 1. The number of primary amides is 1. The number of amides is 1. The summed E-state index contributed by atoms with van der Waals surface area (Å²) in [5, 5.41) is 0. The number of aryl methyl sites for hydroxylation is 1. The highest BCUT2D eigenvalue weighted by Gasteiger charge is 2.12. The summed E-state index contributed by atoms with van der Waals surface area (Å²) in [6.45, 7) is 5.81. The third kappa shape index (κ3) is 2.93. The smallest absolute Gasteiger partial charge is 0.284 e. The molecule has 1 aromatic carbocycles. The van der Waals surface area contributed by atoms with E-state index in [9.17, 15) is 4.79 Å². The Labute approximate surface area is 111 Å². The van der Waals surface area contributed by atoms with E-state index in [0.29, 0.717) is 0 Å². The first-order valence-corrected chi connectivity index (χ1v) is 6.11. The van der Waals surface area contributed by atoms with E-state index >= 15 is 0 Å². The quantitative estimate of drug-likeness (QED) is 0.883. The van der Waals surface area contributed by atoms with Crippen molar-refractivity contribution in [3.63, 3.8) is 0 Å². The third-order valence-corrected chi connectivity index (χ3v) is 2.62. The summed E-state index contributed by atoms with van der Waals surface area (Å²) < 4.78 is 5.58. The lowest BCUT2D eigenvalue weighted by Crippen LogP contribution is -2.12. The molecular formula is C14H17N3O2. The molecule has 100 valence electrons. The van der Waals surface area contributed by atoms with Gasteiger partial charge in [-0.3, -0.25) is 4.79 Å². The Morgan fingerprint density at radius 1 is 1.32 bits per heavy atom. The number of imidazole rings is 1. The lowest BCUT2D eigenvalue weighted by Gasteiger charge is -2.09. The molecule has 0 aliphatic carbocycles. The van der Waals surface area contributed by atoms with E-state index in [1.54, 1.807) is 0 Å². The van der Waals surface area contributed by atoms with E-state index in [4.69, 9.17) is 10.5 Å². The first kappa shape index (κ1) is 13.1. The topological polar surface area (TPSA) is 81.0 Å². The fraction of sp³-hybridized carbons (Fsp3) is 0.286. The zero-order chi connectivity index (χ0) is 14.0. The molecule has 2 rings (SSSR count). The molecule has 0 bridgehead atoms. The molecular weight excluding hydrogens is 242 g/mol. The molecule has 19 heavy (non-hydrogen) atoms. The van der Waals surface area contributed by atoms with Gasteiger partial charge in [-0.2, -0.15) is 0 Å². The molecule has 0 saturated heterocycles. The second-order valence-corrected chi connectivity index (χ2v) is 4.61. The summed E-state index contributed by atoms with van der Waals surface area (Å²) >= 11 is 0. The molecule has 5 nitrogen and oxygen atoms in total. The number of rotatable bonds is 4. The maximum atomic E-state index is 11.1. The normalized spacial score (nSPS) is 10.7. The molecule has 1 amide bonds. The van der Waals surface area contributed by atoms with Crippen molar-refractivity contribution in [2.45, 2.75) is 26.9 Å². The minimum absolute atomic E-state index is 0.138. The summed E-state index contributed by atoms with van der Waals surface area (Å²) in [7, 11) is 0. The highest BCUT2D eigenvalue weighted by Crippen LogP contribution is 2.24. The van der Waals surface area contributed by atoms with E-state index in [-0.39, 0.29) is 11.9 Å². The van der Waals surface area contributed by atoms with Crippen molar-refractivity contribution in [1.82, 2.24) is 9.97 Å². The molecule has 0 saturated carbocycles. The Balaban J connectivity index is 2.29. The van der Waals surface area contributed by atoms with E-state index in [2.05, 4.69) is 9.97 Å². The standard InChI is InChI=1S/C14H17N3O2/c1-8(2)19-11-6-4-10(5-7-11)12-9(3)16-14(17-12)13(15)18/h4-8H,1-3H3,(H2,15,18)(H,16,17). The molecule has 0 radical (unpaired) electrons. The molecule has 0 fully saturated rings. The molecule has 1 aromatic heterocycles. The van der Waals surface area contributed by atoms with E-state index < -0.39 is 5.91 Å². The molecule has 0 atom stereocenters. The fourth-order valence-corrected chi connectivity index (χ4v) is 1.82. The number of H-pyrrole nitrogens is 1. The van der Waals surface area contributed by atoms with Gasteiger partial charge in [0, 0.05) is 11.3 Å². The molecule has 0 aliphatic heterocycles. The highest BCUT2D eigenvalue weighted by molar-refractivity contribution is 5.90. The molecule has 0 unspecified atom stereocenters. The van der Waals surface area contributed by atoms with Gasteiger partial charge in [0.25, 0.3) is 5.91 Å². The zero-order valence-electron chi connectivity index (χ0n) is 11.2. The van der Waals surface area contributed by atoms with Crippen LogP contribution >= 0.6 is 0 Å². The number of aromatic nitrogens is 2. The number of benzene rings is 1. The summed E-state index contributed by atoms with van der Waals surface area (Å²) in [6, 6.07) is 7.58. The molecule has 3 N–H and O–H groups in total. The largest absolute Gasteiger partial charge is 0.491 e. The summed E-state index contributed by atoms with van der Waals surface area (Å²) in [5.74, 6) is 0.422. The van der Waals surface area contributed by atoms with Crippen LogP contribution in [-0.2, 0) is 0 Å². The maximum absolute atomic E-state index is 11.1. The highest BCUT2D eigenvalue weighted by atomic mass is 16.5. The number of nitrogens with one attached hydrogen (secondary N) is 1. The van der Waals surface area contributed by atoms with Gasteiger partial charge >= 0.3 is 0 Å². The Kier molecular flexibility index (Phi) is 3.55. The molecule has 5 heteroatoms. The Bertz CT molecular complexity index is 585. The number of hydrogen-bond donors (Lipinski definition) is 2. The Morgan fingerprint density at radius 2 is 1.95 bits per heavy atom. The average Bonchev–Trinajstić information content (AvgIpc) is 2.72. The number of hydrogen-bond acceptors (Lipinski definition) is 3. The molecule has 2 aromatic rings. The third-order valence-electron chi connectivity index (χ3n) is 2.62. The second kappa shape index (κ2) is 5.14. The van der Waals surface area contributed by atoms with Crippen LogP contribution in [0.25, 0.3) is 11.3 Å². The number of carbonyl (C=O) groups is 1. The molecule has 0 spiro atoms. The van der Waals surface area contributed by atoms with Gasteiger partial charge < -0.3 is 15.5 Å². The lowest BCUT2D eigenvalue weighted by atomic mass is 10.1. The van der Waals surface area contributed by atoms with Crippen molar-refractivity contribution in [3.8, 4) is 17.0 Å². The summed E-state index contributed by atoms with van der Waals surface area (Å²) in [4.78, 5) is 18.2. The minimum atomic E-state index is -0.561. The van der Waals surface area contributed by atoms with E-state index in [0.717, 1.165) is 22.7 Å². The van der Waals surface area contributed by atoms with Crippen LogP contribution in [-0.4, -0.2) is 22.0 Å². The van der Waals surface area contributed by atoms with Crippen molar-refractivity contribution in [3.05, 3.63) is 35.8 Å². The summed E-state index contributed by atoms with van der Waals surface area (Å²) in [5.41, 5.74) is 7.65. The number of nitrogens with zero attached hydrogens (tertiary/aromatic N) is 1. The average molecular weight is 259 g/mol. The van der Waals surface area contributed by atoms with Crippen molar-refractivity contribution in [2.24, 2.45) is 5.73 Å². The van der Waals surface area contributed by atoms with Gasteiger partial charge in [-0.05, 0) is 45.0 Å². The van der Waals surface area contributed by atoms with Crippen LogP contribution in [0.3, 0.4) is 0 Å². The SMILES string of the molecule is Cc1[nH]c(C(N)=O)nc1-c1ccc(OC(C)C)cc1. The second-order valence-electron chi connectivity index (χ2n) is 4.61. The Morgan fingerprint density at radius 3 is 2.42 bits per heavy atom. The Hall–Kier alpha value is -2.30. The van der Waals surface area contributed by atoms with E-state index in [1.807, 2.05) is 45.0 Å². The zero-order valence-corrected chi connectivity index (χ0v) is 11.2. The van der Waals surface area contributed by atoms with Gasteiger partial charge in [0.1, 0.15) is 5.75 Å². The maximum Gasteiger partial charge on any atom is 0.284 e. The number of aromatic amines is 1. The van der Waals surface area contributed by atoms with Crippen LogP contribution < -0.4 is 10.5 Å². The molecule has 1 heterocycles. The first-order chi connectivity index (χ1) is 8.97.